The predicted octanol–water partition coefficient (Wildman–Crippen LogP) is 4.16. The van der Waals surface area contributed by atoms with E-state index in [1.165, 1.54) is 0 Å². The average Bonchev–Trinajstić information content (AvgIpc) is 2.83. The van der Waals surface area contributed by atoms with Crippen LogP contribution >= 0.6 is 11.6 Å². The van der Waals surface area contributed by atoms with Crippen LogP contribution in [0.4, 0.5) is 5.82 Å². The Bertz CT molecular complexity index is 809. The quantitative estimate of drug-likeness (QED) is 0.785. The summed E-state index contributed by atoms with van der Waals surface area (Å²) in [6, 6.07) is 6.26. The van der Waals surface area contributed by atoms with Gasteiger partial charge in [0.25, 0.3) is 0 Å². The van der Waals surface area contributed by atoms with Crippen LogP contribution in [-0.4, -0.2) is 26.1 Å². The van der Waals surface area contributed by atoms with Gasteiger partial charge in [-0.3, -0.25) is 4.98 Å². The number of hydrogen-bond acceptors (Lipinski definition) is 4. The number of para-hydroxylation sites is 1. The molecule has 0 fully saturated rings. The number of aromatic nitrogens is 4. The van der Waals surface area contributed by atoms with E-state index >= 15 is 0 Å². The maximum Gasteiger partial charge on any atom is 0.204 e. The van der Waals surface area contributed by atoms with Crippen molar-refractivity contribution in [2.75, 3.05) is 11.9 Å². The zero-order chi connectivity index (χ0) is 15.7. The summed E-state index contributed by atoms with van der Waals surface area (Å²) in [5.41, 5.74) is 3.58. The van der Waals surface area contributed by atoms with Gasteiger partial charge in [-0.2, -0.15) is 0 Å². The summed E-state index contributed by atoms with van der Waals surface area (Å²) < 4.78 is 2.02. The van der Waals surface area contributed by atoms with Crippen molar-refractivity contribution in [3.05, 3.63) is 35.9 Å². The Kier molecular flexibility index (Phi) is 3.98. The first kappa shape index (κ1) is 14.8. The topological polar surface area (TPSA) is 55.6 Å². The fourth-order valence-electron chi connectivity index (χ4n) is 2.55. The van der Waals surface area contributed by atoms with Crippen molar-refractivity contribution in [1.82, 2.24) is 19.5 Å². The maximum absolute atomic E-state index is 6.31. The summed E-state index contributed by atoms with van der Waals surface area (Å²) in [4.78, 5) is 13.4. The molecule has 1 aromatic carbocycles. The van der Waals surface area contributed by atoms with E-state index in [0.717, 1.165) is 34.7 Å². The van der Waals surface area contributed by atoms with E-state index in [2.05, 4.69) is 34.1 Å². The van der Waals surface area contributed by atoms with Crippen LogP contribution in [0.15, 0.2) is 30.6 Å². The lowest BCUT2D eigenvalue weighted by molar-refractivity contribution is 0.618. The van der Waals surface area contributed by atoms with Gasteiger partial charge < -0.3 is 9.88 Å². The summed E-state index contributed by atoms with van der Waals surface area (Å²) in [6.07, 6.45) is 3.46. The minimum atomic E-state index is 0.243. The maximum atomic E-state index is 6.31. The van der Waals surface area contributed by atoms with Gasteiger partial charge in [-0.25, -0.2) is 9.97 Å². The molecule has 6 heteroatoms. The van der Waals surface area contributed by atoms with Crippen LogP contribution in [0.2, 0.25) is 5.28 Å². The van der Waals surface area contributed by atoms with E-state index in [1.54, 1.807) is 12.4 Å². The Morgan fingerprint density at radius 1 is 1.23 bits per heavy atom. The zero-order valence-electron chi connectivity index (χ0n) is 12.8. The number of nitrogens with one attached hydrogen (secondary N) is 1. The Hall–Kier alpha value is -2.14. The van der Waals surface area contributed by atoms with Gasteiger partial charge >= 0.3 is 0 Å². The fourth-order valence-corrected chi connectivity index (χ4v) is 2.92. The second-order valence-corrected chi connectivity index (χ2v) is 5.68. The summed E-state index contributed by atoms with van der Waals surface area (Å²) in [5.74, 6) is 0.756. The molecule has 2 aromatic heterocycles. The number of fused-ring (bicyclic) bond motifs is 1. The second kappa shape index (κ2) is 5.93. The lowest BCUT2D eigenvalue weighted by Crippen LogP contribution is -2.01. The third-order valence-corrected chi connectivity index (χ3v) is 3.73. The van der Waals surface area contributed by atoms with Crippen molar-refractivity contribution in [2.24, 2.45) is 0 Å². The molecule has 0 aliphatic carbocycles. The highest BCUT2D eigenvalue weighted by molar-refractivity contribution is 6.29. The molecule has 1 N–H and O–H groups in total. The highest BCUT2D eigenvalue weighted by Gasteiger charge is 2.16. The van der Waals surface area contributed by atoms with Gasteiger partial charge in [-0.15, -0.1) is 0 Å². The third kappa shape index (κ3) is 2.52. The van der Waals surface area contributed by atoms with Gasteiger partial charge in [-0.05, 0) is 38.4 Å². The molecule has 0 spiro atoms. The van der Waals surface area contributed by atoms with Crippen molar-refractivity contribution in [3.63, 3.8) is 0 Å². The van der Waals surface area contributed by atoms with E-state index in [1.807, 2.05) is 29.7 Å². The number of anilines is 1. The number of benzene rings is 1. The third-order valence-electron chi connectivity index (χ3n) is 3.46. The normalized spacial score (nSPS) is 11.3. The molecule has 5 nitrogen and oxygen atoms in total. The Balaban J connectivity index is 2.19. The van der Waals surface area contributed by atoms with Crippen LogP contribution in [0.3, 0.4) is 0 Å². The molecular weight excluding hydrogens is 298 g/mol. The van der Waals surface area contributed by atoms with Gasteiger partial charge in [0.05, 0.1) is 29.1 Å². The van der Waals surface area contributed by atoms with Crippen molar-refractivity contribution in [1.29, 1.82) is 0 Å². The number of imidazole rings is 1. The largest absolute Gasteiger partial charge is 0.369 e. The van der Waals surface area contributed by atoms with Gasteiger partial charge in [0.2, 0.25) is 5.28 Å². The van der Waals surface area contributed by atoms with E-state index in [4.69, 9.17) is 11.6 Å². The monoisotopic (exact) mass is 315 g/mol. The minimum absolute atomic E-state index is 0.243. The first-order valence-corrected chi connectivity index (χ1v) is 7.72. The molecule has 0 radical (unpaired) electrons. The molecule has 0 aliphatic heterocycles. The number of hydrogen-bond donors (Lipinski definition) is 1. The Morgan fingerprint density at radius 3 is 2.77 bits per heavy atom. The molecule has 0 bridgehead atoms. The molecule has 3 rings (SSSR count). The molecule has 22 heavy (non-hydrogen) atoms. The van der Waals surface area contributed by atoms with Gasteiger partial charge in [0.15, 0.2) is 0 Å². The van der Waals surface area contributed by atoms with Gasteiger partial charge in [0.1, 0.15) is 5.82 Å². The number of rotatable bonds is 4. The summed E-state index contributed by atoms with van der Waals surface area (Å²) in [5, 5.41) is 3.67. The van der Waals surface area contributed by atoms with E-state index in [-0.39, 0.29) is 6.04 Å². The van der Waals surface area contributed by atoms with Crippen molar-refractivity contribution < 1.29 is 0 Å². The zero-order valence-corrected chi connectivity index (χ0v) is 13.6. The van der Waals surface area contributed by atoms with E-state index in [0.29, 0.717) is 5.28 Å². The minimum Gasteiger partial charge on any atom is -0.369 e. The Labute approximate surface area is 134 Å². The molecule has 0 atom stereocenters. The predicted molar refractivity (Wildman–Crippen MR) is 90.3 cm³/mol. The summed E-state index contributed by atoms with van der Waals surface area (Å²) in [6.45, 7) is 7.01. The van der Waals surface area contributed by atoms with Gasteiger partial charge in [-0.1, -0.05) is 12.1 Å². The van der Waals surface area contributed by atoms with Crippen molar-refractivity contribution in [3.8, 4) is 11.3 Å². The smallest absolute Gasteiger partial charge is 0.204 e. The lowest BCUT2D eigenvalue weighted by Gasteiger charge is -2.10. The number of nitrogens with zero attached hydrogens (tertiary/aromatic N) is 4. The first-order valence-electron chi connectivity index (χ1n) is 7.34. The van der Waals surface area contributed by atoms with Crippen LogP contribution in [0.25, 0.3) is 22.3 Å². The van der Waals surface area contributed by atoms with Crippen LogP contribution in [0, 0.1) is 0 Å². The lowest BCUT2D eigenvalue weighted by atomic mass is 10.1. The molecule has 3 aromatic rings. The second-order valence-electron chi connectivity index (χ2n) is 5.34. The SMILES string of the molecule is CCNc1cncc(-c2cccc3c2nc(Cl)n3C(C)C)n1. The van der Waals surface area contributed by atoms with Crippen LogP contribution in [0.5, 0.6) is 0 Å². The Morgan fingerprint density at radius 2 is 2.05 bits per heavy atom. The van der Waals surface area contributed by atoms with Crippen molar-refractivity contribution in [2.45, 2.75) is 26.8 Å². The highest BCUT2D eigenvalue weighted by atomic mass is 35.5. The summed E-state index contributed by atoms with van der Waals surface area (Å²) in [7, 11) is 0. The first-order chi connectivity index (χ1) is 10.6. The molecule has 114 valence electrons. The summed E-state index contributed by atoms with van der Waals surface area (Å²) >= 11 is 6.31. The highest BCUT2D eigenvalue weighted by Crippen LogP contribution is 2.31. The fraction of sp³-hybridized carbons (Fsp3) is 0.312. The molecular formula is C16H18ClN5. The molecule has 0 amide bonds. The molecule has 0 saturated carbocycles. The average molecular weight is 316 g/mol. The van der Waals surface area contributed by atoms with E-state index < -0.39 is 0 Å². The molecule has 0 saturated heterocycles. The van der Waals surface area contributed by atoms with Crippen LogP contribution in [-0.2, 0) is 0 Å². The number of halogens is 1. The molecule has 0 unspecified atom stereocenters. The standard InChI is InChI=1S/C16H18ClN5/c1-4-19-14-9-18-8-12(20-14)11-6-5-7-13-15(11)21-16(17)22(13)10(2)3/h5-10H,4H2,1-3H3,(H,19,20). The molecule has 0 aliphatic rings. The van der Waals surface area contributed by atoms with Crippen molar-refractivity contribution >= 4 is 28.5 Å². The molecule has 2 heterocycles. The van der Waals surface area contributed by atoms with Gasteiger partial charge in [0, 0.05) is 18.2 Å². The van der Waals surface area contributed by atoms with Crippen LogP contribution < -0.4 is 5.32 Å². The van der Waals surface area contributed by atoms with Crippen LogP contribution in [0.1, 0.15) is 26.8 Å². The van der Waals surface area contributed by atoms with E-state index in [9.17, 15) is 0 Å².